The normalized spacial score (nSPS) is 20.6. The third-order valence-electron chi connectivity index (χ3n) is 9.04. The van der Waals surface area contributed by atoms with Crippen LogP contribution in [0.4, 0.5) is 4.39 Å². The molecule has 3 aliphatic rings. The molecule has 2 amide bonds. The topological polar surface area (TPSA) is 141 Å². The zero-order valence-corrected chi connectivity index (χ0v) is 24.9. The third-order valence-corrected chi connectivity index (χ3v) is 9.33. The molecule has 0 saturated heterocycles. The second-order valence-electron chi connectivity index (χ2n) is 12.2. The Labute approximate surface area is 257 Å². The van der Waals surface area contributed by atoms with Crippen LogP contribution in [-0.4, -0.2) is 51.6 Å². The van der Waals surface area contributed by atoms with Crippen LogP contribution < -0.4 is 20.5 Å². The lowest BCUT2D eigenvalue weighted by molar-refractivity contribution is -0.123. The highest BCUT2D eigenvalue weighted by atomic mass is 35.5. The lowest BCUT2D eigenvalue weighted by Crippen LogP contribution is -2.44. The number of nitrogens with zero attached hydrogens (tertiary/aromatic N) is 3. The molecule has 2 atom stereocenters. The number of benzene rings is 1. The molecule has 4 N–H and O–H groups in total. The van der Waals surface area contributed by atoms with Crippen molar-refractivity contribution in [3.8, 4) is 22.8 Å². The molecule has 44 heavy (non-hydrogen) atoms. The second-order valence-corrected chi connectivity index (χ2v) is 12.6. The van der Waals surface area contributed by atoms with Gasteiger partial charge in [0.2, 0.25) is 5.91 Å². The highest BCUT2D eigenvalue weighted by Crippen LogP contribution is 2.50. The van der Waals surface area contributed by atoms with Gasteiger partial charge in [-0.15, -0.1) is 0 Å². The van der Waals surface area contributed by atoms with Gasteiger partial charge in [-0.2, -0.15) is 0 Å². The molecule has 1 aromatic carbocycles. The zero-order valence-electron chi connectivity index (χ0n) is 24.2. The van der Waals surface area contributed by atoms with Crippen molar-refractivity contribution in [1.29, 1.82) is 0 Å². The number of ether oxygens (including phenoxy) is 2. The predicted molar refractivity (Wildman–Crippen MR) is 159 cm³/mol. The molecule has 4 aromatic rings. The number of rotatable bonds is 9. The highest BCUT2D eigenvalue weighted by molar-refractivity contribution is 6.31. The number of fused-ring (bicyclic) bond motifs is 2. The van der Waals surface area contributed by atoms with Crippen LogP contribution in [0.15, 0.2) is 42.7 Å². The van der Waals surface area contributed by atoms with Crippen molar-refractivity contribution in [1.82, 2.24) is 19.7 Å². The van der Waals surface area contributed by atoms with Crippen molar-refractivity contribution < 1.29 is 28.6 Å². The van der Waals surface area contributed by atoms with Gasteiger partial charge >= 0.3 is 0 Å². The summed E-state index contributed by atoms with van der Waals surface area (Å²) in [5.41, 5.74) is 6.39. The lowest BCUT2D eigenvalue weighted by atomic mass is 9.81. The first kappa shape index (κ1) is 28.5. The number of nitrogens with two attached hydrogens (primary N) is 1. The maximum Gasteiger partial charge on any atom is 0.253 e. The number of hydrogen-bond acceptors (Lipinski definition) is 7. The van der Waals surface area contributed by atoms with Crippen molar-refractivity contribution in [3.63, 3.8) is 0 Å². The molecule has 0 spiro atoms. The van der Waals surface area contributed by atoms with E-state index in [1.54, 1.807) is 29.7 Å². The Morgan fingerprint density at radius 3 is 2.66 bits per heavy atom. The van der Waals surface area contributed by atoms with Crippen LogP contribution in [0.5, 0.6) is 11.5 Å². The average molecular weight is 620 g/mol. The molecule has 0 radical (unpaired) electrons. The number of carbonyl (C=O) groups is 2. The number of aliphatic hydroxyl groups is 1. The van der Waals surface area contributed by atoms with Gasteiger partial charge in [0.1, 0.15) is 34.9 Å². The number of primary amides is 1. The van der Waals surface area contributed by atoms with Gasteiger partial charge in [0, 0.05) is 29.4 Å². The van der Waals surface area contributed by atoms with Crippen molar-refractivity contribution >= 4 is 29.1 Å². The number of amides is 2. The first-order valence-corrected chi connectivity index (χ1v) is 14.9. The molecule has 0 bridgehead atoms. The van der Waals surface area contributed by atoms with Crippen LogP contribution >= 0.6 is 11.6 Å². The Kier molecular flexibility index (Phi) is 6.60. The minimum atomic E-state index is -1.59. The fourth-order valence-electron chi connectivity index (χ4n) is 5.91. The van der Waals surface area contributed by atoms with E-state index in [9.17, 15) is 19.1 Å². The SMILES string of the molecule is COc1cc(C(=O)NCC(O)(c2cc3c(c(-c4ccc(F)c(Cl)c4)n2)OC[C@]3(C)C(N)=O)C2CC2)cn2cc(C3CC3)nc12. The Hall–Kier alpha value is -4.22. The molecule has 12 heteroatoms. The highest BCUT2D eigenvalue weighted by Gasteiger charge is 2.50. The van der Waals surface area contributed by atoms with Gasteiger partial charge in [-0.05, 0) is 68.9 Å². The molecule has 3 aromatic heterocycles. The van der Waals surface area contributed by atoms with E-state index in [0.717, 1.165) is 18.5 Å². The molecule has 7 rings (SSSR count). The first-order chi connectivity index (χ1) is 21.0. The van der Waals surface area contributed by atoms with Crippen LogP contribution in [0.3, 0.4) is 0 Å². The first-order valence-electron chi connectivity index (χ1n) is 14.5. The number of carbonyl (C=O) groups excluding carboxylic acids is 2. The summed E-state index contributed by atoms with van der Waals surface area (Å²) in [6, 6.07) is 7.39. The minimum absolute atomic E-state index is 0.0235. The molecule has 2 fully saturated rings. The fourth-order valence-corrected chi connectivity index (χ4v) is 6.09. The third kappa shape index (κ3) is 4.66. The summed E-state index contributed by atoms with van der Waals surface area (Å²) in [7, 11) is 1.53. The smallest absolute Gasteiger partial charge is 0.253 e. The summed E-state index contributed by atoms with van der Waals surface area (Å²) in [6.07, 6.45) is 7.23. The summed E-state index contributed by atoms with van der Waals surface area (Å²) >= 11 is 6.10. The zero-order chi connectivity index (χ0) is 31.0. The van der Waals surface area contributed by atoms with Crippen LogP contribution in [0.2, 0.25) is 5.02 Å². The molecule has 1 aliphatic heterocycles. The summed E-state index contributed by atoms with van der Waals surface area (Å²) < 4.78 is 27.3. The van der Waals surface area contributed by atoms with E-state index in [2.05, 4.69) is 10.3 Å². The van der Waals surface area contributed by atoms with E-state index >= 15 is 0 Å². The Balaban J connectivity index is 1.26. The fraction of sp³-hybridized carbons (Fsp3) is 0.375. The molecule has 2 aliphatic carbocycles. The summed E-state index contributed by atoms with van der Waals surface area (Å²) in [5.74, 6) is -0.606. The molecular formula is C32H31ClFN5O5. The van der Waals surface area contributed by atoms with E-state index in [4.69, 9.17) is 31.8 Å². The van der Waals surface area contributed by atoms with E-state index in [1.807, 2.05) is 6.20 Å². The molecule has 1 unspecified atom stereocenters. The van der Waals surface area contributed by atoms with Crippen molar-refractivity contribution in [2.75, 3.05) is 20.3 Å². The number of hydrogen-bond donors (Lipinski definition) is 3. The molecule has 10 nitrogen and oxygen atoms in total. The molecule has 228 valence electrons. The number of aromatic nitrogens is 3. The predicted octanol–water partition coefficient (Wildman–Crippen LogP) is 4.24. The van der Waals surface area contributed by atoms with Crippen LogP contribution in [0.25, 0.3) is 16.9 Å². The van der Waals surface area contributed by atoms with Crippen LogP contribution in [0.1, 0.15) is 65.8 Å². The lowest BCUT2D eigenvalue weighted by Gasteiger charge is -2.30. The molecule has 2 saturated carbocycles. The van der Waals surface area contributed by atoms with Crippen molar-refractivity contribution in [3.05, 3.63) is 76.1 Å². The Morgan fingerprint density at radius 1 is 1.23 bits per heavy atom. The summed E-state index contributed by atoms with van der Waals surface area (Å²) in [6.45, 7) is 1.49. The van der Waals surface area contributed by atoms with Gasteiger partial charge in [0.05, 0.1) is 35.6 Å². The standard InChI is InChI=1S/C32H31ClFN5O5/c1-31(30(35)41)15-44-27-20(31)11-25(38-26(27)17-5-8-22(34)21(33)9-17)32(42,19-6-7-19)14-36-29(40)18-10-24(43-2)28-37-23(16-3-4-16)13-39(28)12-18/h5,8-13,16,19,42H,3-4,6-7,14-15H2,1-2H3,(H2,35,41)(H,36,40)/t31-,32?/m0/s1. The monoisotopic (exact) mass is 619 g/mol. The molecule has 4 heterocycles. The van der Waals surface area contributed by atoms with Gasteiger partial charge in [-0.25, -0.2) is 14.4 Å². The number of halogens is 2. The minimum Gasteiger partial charge on any atom is -0.493 e. The molecular weight excluding hydrogens is 589 g/mol. The Bertz CT molecular complexity index is 1850. The number of imidazole rings is 1. The van der Waals surface area contributed by atoms with Crippen LogP contribution in [0, 0.1) is 11.7 Å². The number of pyridine rings is 2. The van der Waals surface area contributed by atoms with Gasteiger partial charge in [0.25, 0.3) is 5.91 Å². The largest absolute Gasteiger partial charge is 0.493 e. The van der Waals surface area contributed by atoms with Crippen LogP contribution in [-0.2, 0) is 15.8 Å². The van der Waals surface area contributed by atoms with Gasteiger partial charge in [-0.1, -0.05) is 11.6 Å². The number of nitrogens with one attached hydrogen (secondary N) is 1. The van der Waals surface area contributed by atoms with E-state index < -0.39 is 28.6 Å². The second kappa shape index (κ2) is 10.2. The van der Waals surface area contributed by atoms with Gasteiger partial charge in [-0.3, -0.25) is 9.59 Å². The van der Waals surface area contributed by atoms with E-state index in [0.29, 0.717) is 52.6 Å². The van der Waals surface area contributed by atoms with Gasteiger partial charge in [0.15, 0.2) is 11.4 Å². The number of methoxy groups -OCH3 is 1. The van der Waals surface area contributed by atoms with Crippen molar-refractivity contribution in [2.45, 2.75) is 49.5 Å². The summed E-state index contributed by atoms with van der Waals surface area (Å²) in [5, 5.41) is 15.0. The van der Waals surface area contributed by atoms with E-state index in [1.165, 1.54) is 25.3 Å². The quantitative estimate of drug-likeness (QED) is 0.254. The van der Waals surface area contributed by atoms with E-state index in [-0.39, 0.29) is 35.5 Å². The maximum absolute atomic E-state index is 14.1. The van der Waals surface area contributed by atoms with Gasteiger partial charge < -0.3 is 30.0 Å². The Morgan fingerprint density at radius 2 is 2.00 bits per heavy atom. The summed E-state index contributed by atoms with van der Waals surface area (Å²) in [4.78, 5) is 35.6. The van der Waals surface area contributed by atoms with Crippen molar-refractivity contribution in [2.24, 2.45) is 11.7 Å². The average Bonchev–Trinajstić information content (AvgIpc) is 3.96. The maximum atomic E-state index is 14.1.